The first-order valence-corrected chi connectivity index (χ1v) is 7.54. The Morgan fingerprint density at radius 3 is 2.76 bits per heavy atom. The third kappa shape index (κ3) is 2.89. The van der Waals surface area contributed by atoms with Crippen molar-refractivity contribution >= 4 is 11.6 Å². The molecule has 1 unspecified atom stereocenters. The van der Waals surface area contributed by atoms with Gasteiger partial charge in [-0.2, -0.15) is 0 Å². The van der Waals surface area contributed by atoms with Gasteiger partial charge in [-0.3, -0.25) is 4.79 Å². The molecule has 1 N–H and O–H groups in total. The van der Waals surface area contributed by atoms with Crippen LogP contribution in [0.3, 0.4) is 0 Å². The van der Waals surface area contributed by atoms with E-state index in [1.807, 2.05) is 18.2 Å². The highest BCUT2D eigenvalue weighted by Gasteiger charge is 2.22. The fourth-order valence-corrected chi connectivity index (χ4v) is 2.92. The number of fused-ring (bicyclic) bond motifs is 3. The van der Waals surface area contributed by atoms with Gasteiger partial charge in [0.1, 0.15) is 0 Å². The van der Waals surface area contributed by atoms with E-state index in [2.05, 4.69) is 18.8 Å². The highest BCUT2D eigenvalue weighted by atomic mass is 35.5. The molecule has 4 heteroatoms. The van der Waals surface area contributed by atoms with Crippen molar-refractivity contribution in [1.82, 2.24) is 4.98 Å². The SMILES string of the molecule is CC(C)C1Cc2ccc(Cl)cc2-c2cc(=O)[nH]cc2CO1. The van der Waals surface area contributed by atoms with Gasteiger partial charge >= 0.3 is 0 Å². The summed E-state index contributed by atoms with van der Waals surface area (Å²) < 4.78 is 6.04. The average Bonchev–Trinajstić information content (AvgIpc) is 2.43. The second kappa shape index (κ2) is 5.66. The van der Waals surface area contributed by atoms with Crippen LogP contribution in [0.5, 0.6) is 0 Å². The van der Waals surface area contributed by atoms with Crippen molar-refractivity contribution in [3.63, 3.8) is 0 Å². The van der Waals surface area contributed by atoms with Crippen LogP contribution >= 0.6 is 11.6 Å². The molecule has 1 aromatic heterocycles. The molecule has 0 spiro atoms. The molecule has 2 aromatic rings. The lowest BCUT2D eigenvalue weighted by Crippen LogP contribution is -2.25. The molecular weight excluding hydrogens is 286 g/mol. The van der Waals surface area contributed by atoms with Crippen LogP contribution in [-0.4, -0.2) is 11.1 Å². The van der Waals surface area contributed by atoms with Gasteiger partial charge in [0.25, 0.3) is 0 Å². The summed E-state index contributed by atoms with van der Waals surface area (Å²) in [7, 11) is 0. The molecular formula is C17H18ClNO2. The quantitative estimate of drug-likeness (QED) is 0.871. The molecule has 0 fully saturated rings. The Bertz CT molecular complexity index is 721. The van der Waals surface area contributed by atoms with Crippen LogP contribution in [0.4, 0.5) is 0 Å². The lowest BCUT2D eigenvalue weighted by molar-refractivity contribution is 0.0104. The number of hydrogen-bond acceptors (Lipinski definition) is 2. The molecule has 1 aliphatic heterocycles. The van der Waals surface area contributed by atoms with E-state index in [-0.39, 0.29) is 11.7 Å². The van der Waals surface area contributed by atoms with Crippen LogP contribution in [0.15, 0.2) is 35.3 Å². The van der Waals surface area contributed by atoms with E-state index in [1.54, 1.807) is 12.3 Å². The van der Waals surface area contributed by atoms with Crippen LogP contribution < -0.4 is 5.56 Å². The number of benzene rings is 1. The number of aromatic nitrogens is 1. The third-order valence-corrected chi connectivity index (χ3v) is 4.22. The lowest BCUT2D eigenvalue weighted by Gasteiger charge is -2.26. The van der Waals surface area contributed by atoms with Crippen molar-refractivity contribution in [2.24, 2.45) is 5.92 Å². The van der Waals surface area contributed by atoms with Crippen molar-refractivity contribution in [2.45, 2.75) is 33.0 Å². The second-order valence-electron chi connectivity index (χ2n) is 5.84. The van der Waals surface area contributed by atoms with Crippen molar-refractivity contribution in [1.29, 1.82) is 0 Å². The standard InChI is InChI=1S/C17H18ClNO2/c1-10(2)16-5-11-3-4-13(18)6-14(11)15-7-17(20)19-8-12(15)9-21-16/h3-4,6-8,10,16H,5,9H2,1-2H3,(H,19,20). The second-order valence-corrected chi connectivity index (χ2v) is 6.27. The first-order valence-electron chi connectivity index (χ1n) is 7.16. The first-order chi connectivity index (χ1) is 10.0. The average molecular weight is 304 g/mol. The van der Waals surface area contributed by atoms with Gasteiger partial charge in [-0.15, -0.1) is 0 Å². The van der Waals surface area contributed by atoms with E-state index in [0.29, 0.717) is 17.5 Å². The number of aromatic amines is 1. The Morgan fingerprint density at radius 1 is 1.24 bits per heavy atom. The topological polar surface area (TPSA) is 42.1 Å². The monoisotopic (exact) mass is 303 g/mol. The summed E-state index contributed by atoms with van der Waals surface area (Å²) in [6, 6.07) is 7.50. The molecule has 0 saturated heterocycles. The van der Waals surface area contributed by atoms with Crippen LogP contribution in [0.2, 0.25) is 5.02 Å². The maximum Gasteiger partial charge on any atom is 0.248 e. The van der Waals surface area contributed by atoms with Gasteiger partial charge in [0.2, 0.25) is 5.56 Å². The van der Waals surface area contributed by atoms with E-state index >= 15 is 0 Å². The Kier molecular flexibility index (Phi) is 3.87. The van der Waals surface area contributed by atoms with Crippen molar-refractivity contribution in [3.8, 4) is 11.1 Å². The minimum atomic E-state index is -0.111. The normalized spacial score (nSPS) is 17.8. The molecule has 110 valence electrons. The Morgan fingerprint density at radius 2 is 2.00 bits per heavy atom. The van der Waals surface area contributed by atoms with Crippen molar-refractivity contribution in [2.75, 3.05) is 0 Å². The van der Waals surface area contributed by atoms with Crippen LogP contribution in [0, 0.1) is 5.92 Å². The number of ether oxygens (including phenoxy) is 1. The van der Waals surface area contributed by atoms with Gasteiger partial charge in [0.05, 0.1) is 12.7 Å². The summed E-state index contributed by atoms with van der Waals surface area (Å²) in [5.74, 6) is 0.429. The Hall–Kier alpha value is -1.58. The minimum Gasteiger partial charge on any atom is -0.373 e. The number of hydrogen-bond donors (Lipinski definition) is 1. The fourth-order valence-electron chi connectivity index (χ4n) is 2.75. The predicted octanol–water partition coefficient (Wildman–Crippen LogP) is 3.79. The molecule has 2 heterocycles. The van der Waals surface area contributed by atoms with Gasteiger partial charge in [0, 0.05) is 22.8 Å². The van der Waals surface area contributed by atoms with Crippen molar-refractivity contribution in [3.05, 3.63) is 57.0 Å². The van der Waals surface area contributed by atoms with E-state index in [4.69, 9.17) is 16.3 Å². The molecule has 0 radical (unpaired) electrons. The molecule has 3 rings (SSSR count). The maximum absolute atomic E-state index is 11.7. The summed E-state index contributed by atoms with van der Waals surface area (Å²) in [5.41, 5.74) is 4.00. The Labute approximate surface area is 128 Å². The largest absolute Gasteiger partial charge is 0.373 e. The first kappa shape index (κ1) is 14.4. The van der Waals surface area contributed by atoms with Gasteiger partial charge < -0.3 is 9.72 Å². The summed E-state index contributed by atoms with van der Waals surface area (Å²) in [4.78, 5) is 14.4. The van der Waals surface area contributed by atoms with Gasteiger partial charge in [-0.1, -0.05) is 31.5 Å². The highest BCUT2D eigenvalue weighted by Crippen LogP contribution is 2.33. The molecule has 3 nitrogen and oxygen atoms in total. The number of halogens is 1. The number of nitrogens with one attached hydrogen (secondary N) is 1. The molecule has 0 amide bonds. The summed E-state index contributed by atoms with van der Waals surface area (Å²) in [5, 5.41) is 0.683. The minimum absolute atomic E-state index is 0.111. The molecule has 1 aromatic carbocycles. The zero-order chi connectivity index (χ0) is 15.0. The molecule has 0 bridgehead atoms. The number of pyridine rings is 1. The number of H-pyrrole nitrogens is 1. The zero-order valence-corrected chi connectivity index (χ0v) is 12.9. The smallest absolute Gasteiger partial charge is 0.248 e. The van der Waals surface area contributed by atoms with E-state index < -0.39 is 0 Å². The summed E-state index contributed by atoms with van der Waals surface area (Å²) in [6.07, 6.45) is 2.73. The maximum atomic E-state index is 11.7. The predicted molar refractivity (Wildman–Crippen MR) is 84.6 cm³/mol. The Balaban J connectivity index is 2.20. The van der Waals surface area contributed by atoms with Gasteiger partial charge in [0.15, 0.2) is 0 Å². The summed E-state index contributed by atoms with van der Waals surface area (Å²) in [6.45, 7) is 4.83. The molecule has 1 aliphatic rings. The molecule has 21 heavy (non-hydrogen) atoms. The fraction of sp³-hybridized carbons (Fsp3) is 0.353. The van der Waals surface area contributed by atoms with Crippen LogP contribution in [0.1, 0.15) is 25.0 Å². The lowest BCUT2D eigenvalue weighted by atomic mass is 9.90. The van der Waals surface area contributed by atoms with Crippen molar-refractivity contribution < 1.29 is 4.74 Å². The van der Waals surface area contributed by atoms with Gasteiger partial charge in [-0.05, 0) is 41.2 Å². The van der Waals surface area contributed by atoms with E-state index in [1.165, 1.54) is 5.56 Å². The third-order valence-electron chi connectivity index (χ3n) is 3.99. The highest BCUT2D eigenvalue weighted by molar-refractivity contribution is 6.30. The molecule has 1 atom stereocenters. The molecule has 0 saturated carbocycles. The van der Waals surface area contributed by atoms with E-state index in [0.717, 1.165) is 23.1 Å². The summed E-state index contributed by atoms with van der Waals surface area (Å²) >= 11 is 6.16. The number of rotatable bonds is 1. The van der Waals surface area contributed by atoms with E-state index in [9.17, 15) is 4.79 Å². The van der Waals surface area contributed by atoms with Crippen LogP contribution in [-0.2, 0) is 17.8 Å². The zero-order valence-electron chi connectivity index (χ0n) is 12.2. The molecule has 0 aliphatic carbocycles. The van der Waals surface area contributed by atoms with Gasteiger partial charge in [-0.25, -0.2) is 0 Å². The van der Waals surface area contributed by atoms with Crippen LogP contribution in [0.25, 0.3) is 11.1 Å².